The molecule has 1 aromatic rings. The molecule has 0 radical (unpaired) electrons. The van der Waals surface area contributed by atoms with Gasteiger partial charge in [0.25, 0.3) is 0 Å². The molecule has 0 saturated heterocycles. The van der Waals surface area contributed by atoms with Crippen LogP contribution in [-0.2, 0) is 6.42 Å². The lowest BCUT2D eigenvalue weighted by atomic mass is 9.78. The van der Waals surface area contributed by atoms with Crippen molar-refractivity contribution >= 4 is 0 Å². The van der Waals surface area contributed by atoms with Crippen molar-refractivity contribution in [2.24, 2.45) is 5.73 Å². The lowest BCUT2D eigenvalue weighted by Gasteiger charge is -2.29. The summed E-state index contributed by atoms with van der Waals surface area (Å²) in [5, 5.41) is 0. The average molecular weight is 213 g/mol. The summed E-state index contributed by atoms with van der Waals surface area (Å²) in [6.07, 6.45) is 8.64. The number of hydrogen-bond donors (Lipinski definition) is 1. The molecule has 3 rings (SSSR count). The highest BCUT2D eigenvalue weighted by molar-refractivity contribution is 5.36. The van der Waals surface area contributed by atoms with E-state index in [1.54, 1.807) is 16.7 Å². The maximum Gasteiger partial charge on any atom is 0.0113 e. The Morgan fingerprint density at radius 2 is 2.00 bits per heavy atom. The van der Waals surface area contributed by atoms with Gasteiger partial charge in [-0.15, -0.1) is 0 Å². The highest BCUT2D eigenvalue weighted by Gasteiger charge is 2.23. The van der Waals surface area contributed by atoms with Crippen molar-refractivity contribution in [2.45, 2.75) is 44.1 Å². The molecule has 2 N–H and O–H groups in total. The smallest absolute Gasteiger partial charge is 0.0113 e. The minimum atomic E-state index is 0.435. The molecule has 2 aliphatic carbocycles. The van der Waals surface area contributed by atoms with Gasteiger partial charge in [-0.05, 0) is 43.2 Å². The molecule has 1 heteroatoms. The zero-order chi connectivity index (χ0) is 11.0. The van der Waals surface area contributed by atoms with Crippen LogP contribution in [0, 0.1) is 0 Å². The van der Waals surface area contributed by atoms with Gasteiger partial charge in [0.15, 0.2) is 0 Å². The third-order valence-corrected chi connectivity index (χ3v) is 3.90. The molecule has 16 heavy (non-hydrogen) atoms. The largest absolute Gasteiger partial charge is 0.327 e. The van der Waals surface area contributed by atoms with Crippen LogP contribution in [0.25, 0.3) is 0 Å². The van der Waals surface area contributed by atoms with Gasteiger partial charge in [-0.25, -0.2) is 0 Å². The van der Waals surface area contributed by atoms with Crippen LogP contribution in [0.15, 0.2) is 35.9 Å². The SMILES string of the molecule is NC1CC(=CC2CCCc3ccccc32)C1. The maximum absolute atomic E-state index is 5.83. The first-order valence-corrected chi connectivity index (χ1v) is 6.36. The van der Waals surface area contributed by atoms with Gasteiger partial charge in [0.2, 0.25) is 0 Å². The number of allylic oxidation sites excluding steroid dienone is 1. The fourth-order valence-electron chi connectivity index (χ4n) is 3.00. The summed E-state index contributed by atoms with van der Waals surface area (Å²) in [6, 6.07) is 9.35. The molecular weight excluding hydrogens is 194 g/mol. The molecule has 0 spiro atoms. The molecule has 84 valence electrons. The summed E-state index contributed by atoms with van der Waals surface area (Å²) in [4.78, 5) is 0. The summed E-state index contributed by atoms with van der Waals surface area (Å²) in [6.45, 7) is 0. The van der Waals surface area contributed by atoms with Gasteiger partial charge in [0.05, 0.1) is 0 Å². The molecule has 1 saturated carbocycles. The number of benzene rings is 1. The standard InChI is InChI=1S/C15H19N/c16-14-9-11(10-14)8-13-6-3-5-12-4-1-2-7-15(12)13/h1-2,4,7-8,13-14H,3,5-6,9-10,16H2. The van der Waals surface area contributed by atoms with Gasteiger partial charge in [-0.1, -0.05) is 35.9 Å². The molecule has 2 aliphatic rings. The molecule has 0 amide bonds. The van der Waals surface area contributed by atoms with Crippen LogP contribution in [0.4, 0.5) is 0 Å². The van der Waals surface area contributed by atoms with Gasteiger partial charge in [0.1, 0.15) is 0 Å². The Balaban J connectivity index is 1.85. The summed E-state index contributed by atoms with van der Waals surface area (Å²) in [7, 11) is 0. The van der Waals surface area contributed by atoms with Crippen LogP contribution in [0.3, 0.4) is 0 Å². The molecule has 0 heterocycles. The number of rotatable bonds is 1. The highest BCUT2D eigenvalue weighted by atomic mass is 14.7. The first-order chi connectivity index (χ1) is 7.83. The molecular formula is C15H19N. The van der Waals surface area contributed by atoms with Crippen LogP contribution >= 0.6 is 0 Å². The normalized spacial score (nSPS) is 28.2. The van der Waals surface area contributed by atoms with E-state index < -0.39 is 0 Å². The fraction of sp³-hybridized carbons (Fsp3) is 0.467. The second-order valence-electron chi connectivity index (χ2n) is 5.19. The zero-order valence-electron chi connectivity index (χ0n) is 9.65. The van der Waals surface area contributed by atoms with Gasteiger partial charge < -0.3 is 5.73 Å². The van der Waals surface area contributed by atoms with E-state index in [1.807, 2.05) is 0 Å². The molecule has 0 bridgehead atoms. The van der Waals surface area contributed by atoms with E-state index in [0.29, 0.717) is 12.0 Å². The van der Waals surface area contributed by atoms with Crippen molar-refractivity contribution in [3.05, 3.63) is 47.0 Å². The van der Waals surface area contributed by atoms with E-state index >= 15 is 0 Å². The molecule has 1 fully saturated rings. The number of fused-ring (bicyclic) bond motifs is 1. The molecule has 0 aliphatic heterocycles. The quantitative estimate of drug-likeness (QED) is 0.712. The van der Waals surface area contributed by atoms with Crippen LogP contribution in [-0.4, -0.2) is 6.04 Å². The van der Waals surface area contributed by atoms with Gasteiger partial charge in [-0.2, -0.15) is 0 Å². The van der Waals surface area contributed by atoms with Crippen LogP contribution in [0.5, 0.6) is 0 Å². The highest BCUT2D eigenvalue weighted by Crippen LogP contribution is 2.36. The van der Waals surface area contributed by atoms with Crippen LogP contribution in [0.2, 0.25) is 0 Å². The van der Waals surface area contributed by atoms with E-state index in [2.05, 4.69) is 30.3 Å². The van der Waals surface area contributed by atoms with E-state index in [1.165, 1.54) is 19.3 Å². The second kappa shape index (κ2) is 4.06. The Morgan fingerprint density at radius 1 is 1.19 bits per heavy atom. The molecule has 1 aromatic carbocycles. The van der Waals surface area contributed by atoms with Crippen molar-refractivity contribution in [3.8, 4) is 0 Å². The first-order valence-electron chi connectivity index (χ1n) is 6.36. The molecule has 1 atom stereocenters. The summed E-state index contributed by atoms with van der Waals surface area (Å²) in [5.74, 6) is 0.660. The monoisotopic (exact) mass is 213 g/mol. The van der Waals surface area contributed by atoms with Gasteiger partial charge >= 0.3 is 0 Å². The van der Waals surface area contributed by atoms with Crippen molar-refractivity contribution in [3.63, 3.8) is 0 Å². The third-order valence-electron chi connectivity index (χ3n) is 3.90. The van der Waals surface area contributed by atoms with E-state index in [9.17, 15) is 0 Å². The summed E-state index contributed by atoms with van der Waals surface area (Å²) < 4.78 is 0. The Morgan fingerprint density at radius 3 is 2.81 bits per heavy atom. The Labute approximate surface area is 97.4 Å². The number of aryl methyl sites for hydroxylation is 1. The molecule has 1 unspecified atom stereocenters. The Kier molecular flexibility index (Phi) is 2.56. The molecule has 0 aromatic heterocycles. The van der Waals surface area contributed by atoms with Gasteiger partial charge in [0, 0.05) is 12.0 Å². The molecule has 1 nitrogen and oxygen atoms in total. The zero-order valence-corrected chi connectivity index (χ0v) is 9.65. The fourth-order valence-corrected chi connectivity index (χ4v) is 3.00. The maximum atomic E-state index is 5.83. The van der Waals surface area contributed by atoms with Gasteiger partial charge in [-0.3, -0.25) is 0 Å². The number of nitrogens with two attached hydrogens (primary N) is 1. The predicted molar refractivity (Wildman–Crippen MR) is 67.4 cm³/mol. The lowest BCUT2D eigenvalue weighted by Crippen LogP contribution is -2.30. The lowest BCUT2D eigenvalue weighted by molar-refractivity contribution is 0.528. The van der Waals surface area contributed by atoms with Crippen molar-refractivity contribution in [1.82, 2.24) is 0 Å². The van der Waals surface area contributed by atoms with E-state index in [0.717, 1.165) is 12.8 Å². The van der Waals surface area contributed by atoms with Crippen molar-refractivity contribution < 1.29 is 0 Å². The van der Waals surface area contributed by atoms with Crippen LogP contribution < -0.4 is 5.73 Å². The third kappa shape index (κ3) is 1.80. The first kappa shape index (κ1) is 10.1. The average Bonchev–Trinajstić information content (AvgIpc) is 2.27. The van der Waals surface area contributed by atoms with Crippen molar-refractivity contribution in [1.29, 1.82) is 0 Å². The second-order valence-corrected chi connectivity index (χ2v) is 5.19. The summed E-state index contributed by atoms with van der Waals surface area (Å²) in [5.41, 5.74) is 10.5. The van der Waals surface area contributed by atoms with Crippen LogP contribution in [0.1, 0.15) is 42.7 Å². The minimum Gasteiger partial charge on any atom is -0.327 e. The predicted octanol–water partition coefficient (Wildman–Crippen LogP) is 3.15. The summed E-state index contributed by atoms with van der Waals surface area (Å²) >= 11 is 0. The van der Waals surface area contributed by atoms with Crippen molar-refractivity contribution in [2.75, 3.05) is 0 Å². The number of hydrogen-bond acceptors (Lipinski definition) is 1. The Bertz CT molecular complexity index is 411. The van der Waals surface area contributed by atoms with E-state index in [-0.39, 0.29) is 0 Å². The Hall–Kier alpha value is -1.08. The van der Waals surface area contributed by atoms with E-state index in [4.69, 9.17) is 5.73 Å². The minimum absolute atomic E-state index is 0.435. The topological polar surface area (TPSA) is 26.0 Å².